The molecule has 0 saturated carbocycles. The van der Waals surface area contributed by atoms with Gasteiger partial charge in [0.1, 0.15) is 24.0 Å². The van der Waals surface area contributed by atoms with E-state index in [1.165, 1.54) is 22.7 Å². The van der Waals surface area contributed by atoms with Crippen LogP contribution < -0.4 is 15.4 Å². The summed E-state index contributed by atoms with van der Waals surface area (Å²) >= 11 is 6.53. The van der Waals surface area contributed by atoms with Crippen LogP contribution >= 0.6 is 22.1 Å². The van der Waals surface area contributed by atoms with Gasteiger partial charge in [-0.15, -0.1) is 10.5 Å². The summed E-state index contributed by atoms with van der Waals surface area (Å²) in [6.07, 6.45) is 4.03. The molecule has 6 nitrogen and oxygen atoms in total. The molecule has 5 rings (SSSR count). The summed E-state index contributed by atoms with van der Waals surface area (Å²) in [5.41, 5.74) is 3.79. The zero-order valence-corrected chi connectivity index (χ0v) is 22.9. The first-order chi connectivity index (χ1) is 19.1. The second-order valence-corrected chi connectivity index (χ2v) is 11.4. The molecule has 2 heterocycles. The highest BCUT2D eigenvalue weighted by molar-refractivity contribution is 8.19. The standard InChI is InChI=1S/C30H30ClFN4O2S/c31-27-18-25(9-10-28(27)38-20-23-7-4-8-24(32)17-23)35-29-26-11-15-39(16-13-33-12-14-37)30(26)36(21-34-29)19-22-5-2-1-3-6-22/h1-11,15,17-18,21,33,35,37H,12-14,16,19-20H2. The first kappa shape index (κ1) is 27.1. The Morgan fingerprint density at radius 1 is 1.00 bits per heavy atom. The number of fused-ring (bicyclic) bond motifs is 1. The van der Waals surface area contributed by atoms with Crippen LogP contribution in [0.5, 0.6) is 5.75 Å². The Morgan fingerprint density at radius 3 is 2.64 bits per heavy atom. The van der Waals surface area contributed by atoms with Crippen LogP contribution in [-0.2, 0) is 13.2 Å². The normalized spacial score (nSPS) is 16.1. The molecule has 3 aromatic rings. The average molecular weight is 565 g/mol. The van der Waals surface area contributed by atoms with E-state index in [4.69, 9.17) is 26.4 Å². The van der Waals surface area contributed by atoms with Gasteiger partial charge in [-0.3, -0.25) is 0 Å². The van der Waals surface area contributed by atoms with Crippen molar-refractivity contribution in [3.05, 3.63) is 118 Å². The number of anilines is 1. The lowest BCUT2D eigenvalue weighted by molar-refractivity contribution is 0.294. The van der Waals surface area contributed by atoms with Crippen LogP contribution in [0.15, 0.2) is 101 Å². The van der Waals surface area contributed by atoms with Crippen molar-refractivity contribution in [1.29, 1.82) is 0 Å². The van der Waals surface area contributed by atoms with Crippen molar-refractivity contribution in [3.8, 4) is 5.75 Å². The van der Waals surface area contributed by atoms with Gasteiger partial charge in [-0.25, -0.2) is 9.38 Å². The highest BCUT2D eigenvalue weighted by Gasteiger charge is 2.26. The lowest BCUT2D eigenvalue weighted by atomic mass is 10.1. The van der Waals surface area contributed by atoms with Crippen LogP contribution in [0.4, 0.5) is 10.1 Å². The molecule has 0 bridgehead atoms. The second kappa shape index (κ2) is 13.1. The topological polar surface area (TPSA) is 69.1 Å². The van der Waals surface area contributed by atoms with Crippen molar-refractivity contribution >= 4 is 39.1 Å². The summed E-state index contributed by atoms with van der Waals surface area (Å²) in [7, 11) is -0.104. The number of nitrogens with one attached hydrogen (secondary N) is 2. The maximum atomic E-state index is 13.5. The monoisotopic (exact) mass is 564 g/mol. The number of aliphatic hydroxyl groups excluding tert-OH is 1. The summed E-state index contributed by atoms with van der Waals surface area (Å²) < 4.78 is 19.3. The zero-order chi connectivity index (χ0) is 27.0. The molecular formula is C30H30ClFN4O2S. The molecule has 3 N–H and O–H groups in total. The Morgan fingerprint density at radius 2 is 1.85 bits per heavy atom. The molecule has 0 aliphatic carbocycles. The number of nitrogens with zero attached hydrogens (tertiary/aromatic N) is 2. The molecule has 0 spiro atoms. The van der Waals surface area contributed by atoms with Gasteiger partial charge in [-0.1, -0.05) is 54.1 Å². The van der Waals surface area contributed by atoms with Crippen LogP contribution in [0.2, 0.25) is 5.02 Å². The molecule has 3 aromatic carbocycles. The fraction of sp³-hybridized carbons (Fsp3) is 0.200. The summed E-state index contributed by atoms with van der Waals surface area (Å²) in [4.78, 5) is 8.22. The Bertz CT molecular complexity index is 1440. The third-order valence-corrected chi connectivity index (χ3v) is 8.54. The van der Waals surface area contributed by atoms with Gasteiger partial charge in [-0.05, 0) is 52.9 Å². The third-order valence-electron chi connectivity index (χ3n) is 6.18. The Hall–Kier alpha value is -3.43. The molecule has 0 radical (unpaired) electrons. The number of hydrogen-bond donors (Lipinski definition) is 3. The van der Waals surface area contributed by atoms with E-state index in [9.17, 15) is 4.39 Å². The molecule has 0 fully saturated rings. The van der Waals surface area contributed by atoms with Gasteiger partial charge in [0.05, 0.1) is 23.0 Å². The molecule has 1 atom stereocenters. The van der Waals surface area contributed by atoms with Crippen LogP contribution in [0.3, 0.4) is 0 Å². The van der Waals surface area contributed by atoms with E-state index in [1.54, 1.807) is 18.2 Å². The molecular weight excluding hydrogens is 535 g/mol. The van der Waals surface area contributed by atoms with Gasteiger partial charge in [0, 0.05) is 36.6 Å². The quantitative estimate of drug-likeness (QED) is 0.193. The van der Waals surface area contributed by atoms with Gasteiger partial charge in [0.15, 0.2) is 0 Å². The first-order valence-corrected chi connectivity index (χ1v) is 14.5. The third kappa shape index (κ3) is 6.96. The average Bonchev–Trinajstić information content (AvgIpc) is 3.37. The maximum Gasteiger partial charge on any atom is 0.142 e. The van der Waals surface area contributed by atoms with E-state index in [2.05, 4.69) is 39.2 Å². The van der Waals surface area contributed by atoms with Gasteiger partial charge >= 0.3 is 0 Å². The fourth-order valence-electron chi connectivity index (χ4n) is 4.33. The van der Waals surface area contributed by atoms with Crippen LogP contribution in [0.25, 0.3) is 0 Å². The van der Waals surface area contributed by atoms with E-state index in [0.29, 0.717) is 17.3 Å². The van der Waals surface area contributed by atoms with Gasteiger partial charge in [-0.2, -0.15) is 0 Å². The smallest absolute Gasteiger partial charge is 0.142 e. The van der Waals surface area contributed by atoms with Crippen molar-refractivity contribution in [2.24, 2.45) is 4.99 Å². The number of ether oxygens (including phenoxy) is 1. The molecule has 202 valence electrons. The summed E-state index contributed by atoms with van der Waals surface area (Å²) in [6.45, 7) is 2.48. The lowest BCUT2D eigenvalue weighted by Crippen LogP contribution is -2.34. The predicted molar refractivity (Wildman–Crippen MR) is 160 cm³/mol. The van der Waals surface area contributed by atoms with Crippen molar-refractivity contribution in [2.75, 3.05) is 30.8 Å². The van der Waals surface area contributed by atoms with E-state index >= 15 is 0 Å². The van der Waals surface area contributed by atoms with Crippen molar-refractivity contribution < 1.29 is 14.2 Å². The van der Waals surface area contributed by atoms with Crippen LogP contribution in [0, 0.1) is 5.82 Å². The molecule has 9 heteroatoms. The molecule has 0 saturated heterocycles. The number of rotatable bonds is 12. The zero-order valence-electron chi connectivity index (χ0n) is 21.3. The van der Waals surface area contributed by atoms with Gasteiger partial charge in [0.2, 0.25) is 0 Å². The number of aliphatic hydroxyl groups is 1. The SMILES string of the molecule is OCCNCCS1=C2C(=C(Nc3ccc(OCc4cccc(F)c4)c(Cl)c3)N=CN2Cc2ccccc2)C=C1. The predicted octanol–water partition coefficient (Wildman–Crippen LogP) is 5.73. The van der Waals surface area contributed by atoms with Crippen LogP contribution in [-0.4, -0.2) is 46.8 Å². The minimum atomic E-state index is -0.298. The highest BCUT2D eigenvalue weighted by atomic mass is 35.5. The molecule has 2 aliphatic heterocycles. The summed E-state index contributed by atoms with van der Waals surface area (Å²) in [5.74, 6) is 1.92. The minimum absolute atomic E-state index is 0.104. The number of aliphatic imine (C=N–C) groups is 1. The lowest BCUT2D eigenvalue weighted by Gasteiger charge is -2.28. The van der Waals surface area contributed by atoms with Gasteiger partial charge < -0.3 is 25.4 Å². The van der Waals surface area contributed by atoms with Crippen molar-refractivity contribution in [1.82, 2.24) is 10.2 Å². The Balaban J connectivity index is 1.33. The Kier molecular flexibility index (Phi) is 9.11. The maximum absolute atomic E-state index is 13.5. The largest absolute Gasteiger partial charge is 0.487 e. The highest BCUT2D eigenvalue weighted by Crippen LogP contribution is 2.36. The minimum Gasteiger partial charge on any atom is -0.487 e. The van der Waals surface area contributed by atoms with E-state index in [1.807, 2.05) is 36.7 Å². The molecule has 0 aromatic heterocycles. The molecule has 1 unspecified atom stereocenters. The van der Waals surface area contributed by atoms with E-state index in [-0.39, 0.29) is 29.5 Å². The number of benzene rings is 3. The summed E-state index contributed by atoms with van der Waals surface area (Å²) in [5, 5.41) is 18.5. The molecule has 39 heavy (non-hydrogen) atoms. The van der Waals surface area contributed by atoms with E-state index in [0.717, 1.165) is 41.5 Å². The van der Waals surface area contributed by atoms with E-state index < -0.39 is 0 Å². The fourth-order valence-corrected chi connectivity index (χ4v) is 6.54. The Labute approximate surface area is 235 Å². The van der Waals surface area contributed by atoms with Gasteiger partial charge in [0.25, 0.3) is 0 Å². The van der Waals surface area contributed by atoms with Crippen molar-refractivity contribution in [2.45, 2.75) is 13.2 Å². The first-order valence-electron chi connectivity index (χ1n) is 12.7. The summed E-state index contributed by atoms with van der Waals surface area (Å²) in [6, 6.07) is 22.2. The van der Waals surface area contributed by atoms with Crippen LogP contribution in [0.1, 0.15) is 11.1 Å². The number of halogens is 2. The molecule has 2 aliphatic rings. The molecule has 0 amide bonds. The second-order valence-electron chi connectivity index (χ2n) is 9.02. The number of hydrogen-bond acceptors (Lipinski definition) is 6. The van der Waals surface area contributed by atoms with Crippen molar-refractivity contribution in [3.63, 3.8) is 0 Å².